The summed E-state index contributed by atoms with van der Waals surface area (Å²) in [6.45, 7) is 1.84. The monoisotopic (exact) mass is 355 g/mol. The molecule has 8 nitrogen and oxygen atoms in total. The number of nitrogens with zero attached hydrogens (tertiary/aromatic N) is 2. The zero-order chi connectivity index (χ0) is 18.5. The number of anilines is 1. The van der Waals surface area contributed by atoms with Crippen molar-refractivity contribution in [2.45, 2.75) is 25.1 Å². The van der Waals surface area contributed by atoms with Gasteiger partial charge in [0.2, 0.25) is 0 Å². The van der Waals surface area contributed by atoms with Gasteiger partial charge in [-0.2, -0.15) is 0 Å². The van der Waals surface area contributed by atoms with E-state index in [9.17, 15) is 14.9 Å². The van der Waals surface area contributed by atoms with E-state index in [4.69, 9.17) is 9.47 Å². The van der Waals surface area contributed by atoms with Crippen molar-refractivity contribution >= 4 is 17.4 Å². The number of ether oxygens (including phenoxy) is 2. The van der Waals surface area contributed by atoms with Crippen LogP contribution in [-0.2, 0) is 0 Å². The second kappa shape index (κ2) is 5.62. The van der Waals surface area contributed by atoms with E-state index in [0.717, 1.165) is 0 Å². The highest BCUT2D eigenvalue weighted by Gasteiger charge is 2.50. The summed E-state index contributed by atoms with van der Waals surface area (Å²) in [5.41, 5.74) is 0.377. The molecule has 1 saturated heterocycles. The molecule has 0 aliphatic carbocycles. The molecule has 0 spiro atoms. The summed E-state index contributed by atoms with van der Waals surface area (Å²) in [5.74, 6) is 1.23. The zero-order valence-electron chi connectivity index (χ0n) is 14.3. The van der Waals surface area contributed by atoms with Gasteiger partial charge in [-0.1, -0.05) is 0 Å². The van der Waals surface area contributed by atoms with Gasteiger partial charge in [0.05, 0.1) is 18.1 Å². The minimum absolute atomic E-state index is 0.0252. The molecule has 2 amide bonds. The van der Waals surface area contributed by atoms with E-state index in [0.29, 0.717) is 29.2 Å². The summed E-state index contributed by atoms with van der Waals surface area (Å²) in [7, 11) is 1.58. The number of nitro groups is 1. The summed E-state index contributed by atoms with van der Waals surface area (Å²) in [4.78, 5) is 24.9. The van der Waals surface area contributed by atoms with E-state index in [1.165, 1.54) is 12.1 Å². The molecule has 2 heterocycles. The second-order valence-corrected chi connectivity index (χ2v) is 6.50. The third-order valence-electron chi connectivity index (χ3n) is 4.80. The van der Waals surface area contributed by atoms with Crippen LogP contribution in [0.3, 0.4) is 0 Å². The summed E-state index contributed by atoms with van der Waals surface area (Å²) in [6, 6.07) is 10.9. The van der Waals surface area contributed by atoms with Gasteiger partial charge in [0.1, 0.15) is 11.5 Å². The lowest BCUT2D eigenvalue weighted by Crippen LogP contribution is -2.65. The van der Waals surface area contributed by atoms with Gasteiger partial charge in [-0.05, 0) is 37.3 Å². The maximum atomic E-state index is 12.8. The van der Waals surface area contributed by atoms with Crippen molar-refractivity contribution in [2.24, 2.45) is 0 Å². The lowest BCUT2D eigenvalue weighted by molar-refractivity contribution is -0.385. The lowest BCUT2D eigenvalue weighted by atomic mass is 9.90. The smallest absolute Gasteiger partial charge is 0.325 e. The minimum Gasteiger partial charge on any atom is -0.497 e. The number of carbonyl (C=O) groups excluding carboxylic acids is 1. The Labute approximate surface area is 149 Å². The fourth-order valence-corrected chi connectivity index (χ4v) is 3.60. The van der Waals surface area contributed by atoms with Gasteiger partial charge in [-0.3, -0.25) is 15.0 Å². The Morgan fingerprint density at radius 3 is 2.69 bits per heavy atom. The Morgan fingerprint density at radius 2 is 2.04 bits per heavy atom. The van der Waals surface area contributed by atoms with Gasteiger partial charge in [-0.25, -0.2) is 4.79 Å². The van der Waals surface area contributed by atoms with E-state index in [1.54, 1.807) is 42.3 Å². The first-order valence-electron chi connectivity index (χ1n) is 8.13. The minimum atomic E-state index is -0.898. The number of urea groups is 1. The topological polar surface area (TPSA) is 93.9 Å². The van der Waals surface area contributed by atoms with Gasteiger partial charge in [0, 0.05) is 29.8 Å². The van der Waals surface area contributed by atoms with Crippen molar-refractivity contribution in [2.75, 3.05) is 12.0 Å². The van der Waals surface area contributed by atoms with Crippen LogP contribution < -0.4 is 19.7 Å². The third kappa shape index (κ3) is 2.42. The Kier molecular flexibility index (Phi) is 3.50. The van der Waals surface area contributed by atoms with Gasteiger partial charge in [-0.15, -0.1) is 0 Å². The van der Waals surface area contributed by atoms with Crippen LogP contribution in [0.15, 0.2) is 42.5 Å². The maximum Gasteiger partial charge on any atom is 0.325 e. The normalized spacial score (nSPS) is 23.5. The number of benzene rings is 2. The lowest BCUT2D eigenvalue weighted by Gasteiger charge is -2.50. The largest absolute Gasteiger partial charge is 0.497 e. The van der Waals surface area contributed by atoms with Crippen molar-refractivity contribution in [3.8, 4) is 11.5 Å². The van der Waals surface area contributed by atoms with Crippen molar-refractivity contribution in [3.63, 3.8) is 0 Å². The molecule has 0 aromatic heterocycles. The molecule has 2 aromatic rings. The number of methoxy groups -OCH3 is 1. The van der Waals surface area contributed by atoms with Crippen LogP contribution in [0.1, 0.15) is 24.9 Å². The quantitative estimate of drug-likeness (QED) is 0.673. The third-order valence-corrected chi connectivity index (χ3v) is 4.80. The first-order valence-corrected chi connectivity index (χ1v) is 8.13. The SMILES string of the molecule is COc1ccc(N2C(=O)N[C@H]3C[C@]2(C)Oc2ccc([N+](=O)[O-])cc23)cc1. The van der Waals surface area contributed by atoms with Crippen LogP contribution in [0.4, 0.5) is 16.2 Å². The molecule has 2 bridgehead atoms. The molecular formula is C18H17N3O5. The van der Waals surface area contributed by atoms with Crippen LogP contribution in [0.25, 0.3) is 0 Å². The summed E-state index contributed by atoms with van der Waals surface area (Å²) in [6.07, 6.45) is 0.471. The van der Waals surface area contributed by atoms with Crippen LogP contribution in [0.5, 0.6) is 11.5 Å². The van der Waals surface area contributed by atoms with Crippen molar-refractivity contribution in [1.29, 1.82) is 0 Å². The molecule has 2 aliphatic rings. The Bertz CT molecular complexity index is 898. The van der Waals surface area contributed by atoms with E-state index in [2.05, 4.69) is 5.32 Å². The predicted octanol–water partition coefficient (Wildman–Crippen LogP) is 3.37. The molecule has 26 heavy (non-hydrogen) atoms. The summed E-state index contributed by atoms with van der Waals surface area (Å²) >= 11 is 0. The first-order chi connectivity index (χ1) is 12.4. The maximum absolute atomic E-state index is 12.8. The van der Waals surface area contributed by atoms with Crippen molar-refractivity contribution < 1.29 is 19.2 Å². The van der Waals surface area contributed by atoms with Crippen LogP contribution in [-0.4, -0.2) is 23.8 Å². The molecule has 134 valence electrons. The number of non-ortho nitro benzene ring substituents is 1. The molecule has 0 saturated carbocycles. The van der Waals surface area contributed by atoms with E-state index in [1.807, 2.05) is 6.92 Å². The fraction of sp³-hybridized carbons (Fsp3) is 0.278. The molecule has 2 atom stereocenters. The number of nitro benzene ring substituents is 1. The number of hydrogen-bond donors (Lipinski definition) is 1. The molecule has 2 aliphatic heterocycles. The highest BCUT2D eigenvalue weighted by Crippen LogP contribution is 2.46. The summed E-state index contributed by atoms with van der Waals surface area (Å²) < 4.78 is 11.3. The molecule has 1 fully saturated rings. The first kappa shape index (κ1) is 16.2. The second-order valence-electron chi connectivity index (χ2n) is 6.50. The summed E-state index contributed by atoms with van der Waals surface area (Å²) in [5, 5.41) is 14.0. The molecule has 2 aromatic carbocycles. The van der Waals surface area contributed by atoms with Gasteiger partial charge >= 0.3 is 6.03 Å². The number of hydrogen-bond acceptors (Lipinski definition) is 5. The highest BCUT2D eigenvalue weighted by atomic mass is 16.6. The van der Waals surface area contributed by atoms with Crippen LogP contribution >= 0.6 is 0 Å². The standard InChI is InChI=1S/C18H17N3O5/c1-18-10-15(14-9-12(21(23)24)5-8-16(14)26-18)19-17(22)20(18)11-3-6-13(25-2)7-4-11/h3-9,15H,10H2,1-2H3,(H,19,22)/t15-,18-/m0/s1. The van der Waals surface area contributed by atoms with Gasteiger partial charge in [0.25, 0.3) is 5.69 Å². The molecule has 1 N–H and O–H groups in total. The van der Waals surface area contributed by atoms with E-state index < -0.39 is 10.6 Å². The molecule has 4 rings (SSSR count). The van der Waals surface area contributed by atoms with Crippen molar-refractivity contribution in [3.05, 3.63) is 58.1 Å². The highest BCUT2D eigenvalue weighted by molar-refractivity contribution is 5.95. The Hall–Kier alpha value is -3.29. The Morgan fingerprint density at radius 1 is 1.31 bits per heavy atom. The van der Waals surface area contributed by atoms with E-state index in [-0.39, 0.29) is 17.8 Å². The number of amides is 2. The average Bonchev–Trinajstić information content (AvgIpc) is 2.61. The zero-order valence-corrected chi connectivity index (χ0v) is 14.3. The van der Waals surface area contributed by atoms with E-state index >= 15 is 0 Å². The van der Waals surface area contributed by atoms with Crippen molar-refractivity contribution in [1.82, 2.24) is 5.32 Å². The predicted molar refractivity (Wildman–Crippen MR) is 93.5 cm³/mol. The number of fused-ring (bicyclic) bond motifs is 4. The van der Waals surface area contributed by atoms with Crippen LogP contribution in [0.2, 0.25) is 0 Å². The number of carbonyl (C=O) groups is 1. The molecule has 0 unspecified atom stereocenters. The molecule has 8 heteroatoms. The van der Waals surface area contributed by atoms with Crippen LogP contribution in [0, 0.1) is 10.1 Å². The Balaban J connectivity index is 1.74. The van der Waals surface area contributed by atoms with Gasteiger partial charge in [0.15, 0.2) is 5.72 Å². The molecule has 0 radical (unpaired) electrons. The number of nitrogens with one attached hydrogen (secondary N) is 1. The number of rotatable bonds is 3. The average molecular weight is 355 g/mol. The molecular weight excluding hydrogens is 338 g/mol. The van der Waals surface area contributed by atoms with Gasteiger partial charge < -0.3 is 14.8 Å². The fourth-order valence-electron chi connectivity index (χ4n) is 3.60.